The molecule has 0 atom stereocenters. The Morgan fingerprint density at radius 1 is 1.30 bits per heavy atom. The number of aromatic amines is 2. The van der Waals surface area contributed by atoms with Crippen LogP contribution in [0.2, 0.25) is 0 Å². The highest BCUT2D eigenvalue weighted by Crippen LogP contribution is 2.14. The van der Waals surface area contributed by atoms with Gasteiger partial charge in [-0.15, -0.1) is 0 Å². The average Bonchev–Trinajstić information content (AvgIpc) is 3.07. The van der Waals surface area contributed by atoms with Crippen molar-refractivity contribution in [2.24, 2.45) is 0 Å². The number of amides is 1. The van der Waals surface area contributed by atoms with Gasteiger partial charge in [0, 0.05) is 22.7 Å². The maximum Gasteiger partial charge on any atom is 0.256 e. The van der Waals surface area contributed by atoms with Gasteiger partial charge >= 0.3 is 0 Å². The van der Waals surface area contributed by atoms with E-state index >= 15 is 0 Å². The number of aromatic nitrogens is 4. The highest BCUT2D eigenvalue weighted by molar-refractivity contribution is 6.05. The molecule has 1 amide bonds. The molecule has 102 valence electrons. The molecule has 1 aromatic carbocycles. The topological polar surface area (TPSA) is 86.5 Å². The summed E-state index contributed by atoms with van der Waals surface area (Å²) >= 11 is 0. The van der Waals surface area contributed by atoms with Crippen LogP contribution in [0.25, 0.3) is 10.9 Å². The van der Waals surface area contributed by atoms with Gasteiger partial charge in [0.1, 0.15) is 0 Å². The monoisotopic (exact) mass is 269 g/mol. The van der Waals surface area contributed by atoms with Crippen LogP contribution in [-0.2, 0) is 6.42 Å². The van der Waals surface area contributed by atoms with Gasteiger partial charge in [0.25, 0.3) is 5.91 Å². The van der Waals surface area contributed by atoms with Crippen LogP contribution in [0.3, 0.4) is 0 Å². The Labute approximate surface area is 115 Å². The van der Waals surface area contributed by atoms with Gasteiger partial charge in [-0.3, -0.25) is 15.0 Å². The summed E-state index contributed by atoms with van der Waals surface area (Å²) in [7, 11) is 0. The third-order valence-corrected chi connectivity index (χ3v) is 3.09. The molecule has 2 aromatic heterocycles. The van der Waals surface area contributed by atoms with Crippen molar-refractivity contribution in [1.82, 2.24) is 20.4 Å². The Morgan fingerprint density at radius 3 is 3.05 bits per heavy atom. The molecular formula is C14H15N5O. The van der Waals surface area contributed by atoms with E-state index in [9.17, 15) is 4.79 Å². The molecule has 0 aliphatic heterocycles. The normalized spacial score (nSPS) is 10.8. The van der Waals surface area contributed by atoms with Crippen LogP contribution in [0.1, 0.15) is 29.4 Å². The van der Waals surface area contributed by atoms with E-state index in [1.807, 2.05) is 12.1 Å². The molecule has 0 radical (unpaired) electrons. The molecule has 0 saturated heterocycles. The summed E-state index contributed by atoms with van der Waals surface area (Å²) in [6, 6.07) is 7.26. The molecule has 2 heterocycles. The van der Waals surface area contributed by atoms with Crippen molar-refractivity contribution in [3.05, 3.63) is 41.7 Å². The predicted octanol–water partition coefficient (Wildman–Crippen LogP) is 2.49. The molecular weight excluding hydrogens is 254 g/mol. The first-order valence-electron chi connectivity index (χ1n) is 6.55. The van der Waals surface area contributed by atoms with Crippen molar-refractivity contribution >= 4 is 22.6 Å². The van der Waals surface area contributed by atoms with Gasteiger partial charge < -0.3 is 5.32 Å². The van der Waals surface area contributed by atoms with E-state index in [1.54, 1.807) is 18.3 Å². The molecule has 0 aliphatic carbocycles. The minimum absolute atomic E-state index is 0.178. The van der Waals surface area contributed by atoms with E-state index < -0.39 is 0 Å². The molecule has 6 nitrogen and oxygen atoms in total. The molecule has 3 N–H and O–H groups in total. The molecule has 0 saturated carbocycles. The van der Waals surface area contributed by atoms with Crippen molar-refractivity contribution in [1.29, 1.82) is 0 Å². The summed E-state index contributed by atoms with van der Waals surface area (Å²) in [6.45, 7) is 2.10. The molecule has 0 unspecified atom stereocenters. The van der Waals surface area contributed by atoms with Crippen LogP contribution >= 0.6 is 0 Å². The van der Waals surface area contributed by atoms with Crippen molar-refractivity contribution in [2.45, 2.75) is 19.8 Å². The highest BCUT2D eigenvalue weighted by atomic mass is 16.1. The third kappa shape index (κ3) is 2.40. The van der Waals surface area contributed by atoms with Crippen LogP contribution in [0.5, 0.6) is 0 Å². The maximum absolute atomic E-state index is 12.2. The maximum atomic E-state index is 12.2. The van der Waals surface area contributed by atoms with Gasteiger partial charge in [-0.2, -0.15) is 10.2 Å². The van der Waals surface area contributed by atoms with Gasteiger partial charge in [0.15, 0.2) is 5.82 Å². The number of carbonyl (C=O) groups is 1. The van der Waals surface area contributed by atoms with Crippen molar-refractivity contribution in [3.8, 4) is 0 Å². The predicted molar refractivity (Wildman–Crippen MR) is 76.6 cm³/mol. The Bertz CT molecular complexity index is 743. The Morgan fingerprint density at radius 2 is 2.20 bits per heavy atom. The number of benzene rings is 1. The number of nitrogens with one attached hydrogen (secondary N) is 3. The Hall–Kier alpha value is -2.63. The number of fused-ring (bicyclic) bond motifs is 1. The van der Waals surface area contributed by atoms with Crippen LogP contribution in [0.4, 0.5) is 5.82 Å². The van der Waals surface area contributed by atoms with Gasteiger partial charge in [0.2, 0.25) is 0 Å². The first-order valence-corrected chi connectivity index (χ1v) is 6.55. The molecule has 3 aromatic rings. The number of H-pyrrole nitrogens is 2. The minimum Gasteiger partial charge on any atom is -0.305 e. The van der Waals surface area contributed by atoms with Crippen molar-refractivity contribution in [3.63, 3.8) is 0 Å². The second-order valence-corrected chi connectivity index (χ2v) is 4.65. The number of hydrogen-bond donors (Lipinski definition) is 3. The van der Waals surface area contributed by atoms with E-state index in [-0.39, 0.29) is 5.91 Å². The number of aryl methyl sites for hydroxylation is 1. The summed E-state index contributed by atoms with van der Waals surface area (Å²) in [6.07, 6.45) is 3.65. The van der Waals surface area contributed by atoms with Gasteiger partial charge in [0.05, 0.1) is 11.7 Å². The van der Waals surface area contributed by atoms with Gasteiger partial charge in [-0.1, -0.05) is 13.3 Å². The van der Waals surface area contributed by atoms with Crippen LogP contribution in [0, 0.1) is 0 Å². The summed E-state index contributed by atoms with van der Waals surface area (Å²) in [5, 5.41) is 17.5. The van der Waals surface area contributed by atoms with E-state index in [2.05, 4.69) is 32.6 Å². The number of anilines is 1. The average molecular weight is 269 g/mol. The molecule has 20 heavy (non-hydrogen) atoms. The zero-order chi connectivity index (χ0) is 13.9. The lowest BCUT2D eigenvalue weighted by molar-refractivity contribution is 0.102. The summed E-state index contributed by atoms with van der Waals surface area (Å²) in [5.41, 5.74) is 2.51. The quantitative estimate of drug-likeness (QED) is 0.680. The van der Waals surface area contributed by atoms with Crippen molar-refractivity contribution in [2.75, 3.05) is 5.32 Å². The van der Waals surface area contributed by atoms with E-state index in [1.165, 1.54) is 0 Å². The van der Waals surface area contributed by atoms with E-state index in [0.717, 1.165) is 29.4 Å². The molecule has 0 aliphatic rings. The molecule has 3 rings (SSSR count). The Balaban J connectivity index is 1.77. The highest BCUT2D eigenvalue weighted by Gasteiger charge is 2.09. The lowest BCUT2D eigenvalue weighted by Crippen LogP contribution is -2.11. The zero-order valence-electron chi connectivity index (χ0n) is 11.1. The fourth-order valence-electron chi connectivity index (χ4n) is 2.10. The first kappa shape index (κ1) is 12.4. The van der Waals surface area contributed by atoms with Gasteiger partial charge in [-0.25, -0.2) is 0 Å². The van der Waals surface area contributed by atoms with E-state index in [4.69, 9.17) is 0 Å². The standard InChI is InChI=1S/C14H15N5O/c1-2-3-11-7-13(19-17-11)16-14(20)9-4-5-12-10(6-9)8-15-18-12/h4-8H,2-3H2,1H3,(H,15,18)(H2,16,17,19,20). The second kappa shape index (κ2) is 5.16. The van der Waals surface area contributed by atoms with Gasteiger partial charge in [-0.05, 0) is 24.6 Å². The summed E-state index contributed by atoms with van der Waals surface area (Å²) in [4.78, 5) is 12.2. The molecule has 0 spiro atoms. The van der Waals surface area contributed by atoms with Crippen LogP contribution < -0.4 is 5.32 Å². The third-order valence-electron chi connectivity index (χ3n) is 3.09. The summed E-state index contributed by atoms with van der Waals surface area (Å²) < 4.78 is 0. The van der Waals surface area contributed by atoms with E-state index in [0.29, 0.717) is 11.4 Å². The van der Waals surface area contributed by atoms with Crippen molar-refractivity contribution < 1.29 is 4.79 Å². The molecule has 0 fully saturated rings. The summed E-state index contributed by atoms with van der Waals surface area (Å²) in [5.74, 6) is 0.369. The van der Waals surface area contributed by atoms with Crippen LogP contribution in [0.15, 0.2) is 30.5 Å². The lowest BCUT2D eigenvalue weighted by Gasteiger charge is -2.01. The van der Waals surface area contributed by atoms with Crippen LogP contribution in [-0.4, -0.2) is 26.3 Å². The fourth-order valence-corrected chi connectivity index (χ4v) is 2.10. The molecule has 6 heteroatoms. The minimum atomic E-state index is -0.178. The number of carbonyl (C=O) groups excluding carboxylic acids is 1. The number of nitrogens with zero attached hydrogens (tertiary/aromatic N) is 2. The SMILES string of the molecule is CCCc1cc(NC(=O)c2ccc3[nH]ncc3c2)n[nH]1. The number of rotatable bonds is 4. The largest absolute Gasteiger partial charge is 0.305 e. The zero-order valence-corrected chi connectivity index (χ0v) is 11.1. The lowest BCUT2D eigenvalue weighted by atomic mass is 10.1. The molecule has 0 bridgehead atoms. The number of hydrogen-bond acceptors (Lipinski definition) is 3. The second-order valence-electron chi connectivity index (χ2n) is 4.65. The Kier molecular flexibility index (Phi) is 3.20. The first-order chi connectivity index (χ1) is 9.76. The smallest absolute Gasteiger partial charge is 0.256 e. The fraction of sp³-hybridized carbons (Fsp3) is 0.214.